The molecule has 1 atom stereocenters. The van der Waals surface area contributed by atoms with E-state index in [0.717, 1.165) is 19.4 Å². The maximum atomic E-state index is 12.1. The second-order valence-electron chi connectivity index (χ2n) is 7.52. The van der Waals surface area contributed by atoms with Crippen LogP contribution in [0.25, 0.3) is 0 Å². The fourth-order valence-corrected chi connectivity index (χ4v) is 3.18. The summed E-state index contributed by atoms with van der Waals surface area (Å²) < 4.78 is 21.2. The summed E-state index contributed by atoms with van der Waals surface area (Å²) in [5.41, 5.74) is 3.13. The number of rotatable bonds is 10. The van der Waals surface area contributed by atoms with Gasteiger partial charge in [0.1, 0.15) is 17.2 Å². The maximum absolute atomic E-state index is 12.1. The largest absolute Gasteiger partial charge is 0.497 e. The smallest absolute Gasteiger partial charge is 0.329 e. The molecule has 1 heterocycles. The van der Waals surface area contributed by atoms with Gasteiger partial charge in [0.15, 0.2) is 6.61 Å². The Morgan fingerprint density at radius 3 is 2.51 bits per heavy atom. The van der Waals surface area contributed by atoms with Crippen LogP contribution in [0.1, 0.15) is 18.4 Å². The fraction of sp³-hybridized carbons (Fsp3) is 0.333. The van der Waals surface area contributed by atoms with Crippen molar-refractivity contribution >= 4 is 29.6 Å². The first-order valence-electron chi connectivity index (χ1n) is 11.0. The van der Waals surface area contributed by atoms with Crippen molar-refractivity contribution in [3.05, 3.63) is 48.0 Å². The van der Waals surface area contributed by atoms with E-state index < -0.39 is 11.8 Å². The van der Waals surface area contributed by atoms with Crippen LogP contribution in [0, 0.1) is 0 Å². The minimum absolute atomic E-state index is 0.0781. The van der Waals surface area contributed by atoms with Crippen LogP contribution in [0.15, 0.2) is 47.6 Å². The number of benzene rings is 2. The number of hydrazone groups is 1. The Morgan fingerprint density at radius 1 is 1.06 bits per heavy atom. The van der Waals surface area contributed by atoms with E-state index in [1.165, 1.54) is 20.4 Å². The molecular weight excluding hydrogens is 456 g/mol. The topological polar surface area (TPSA) is 137 Å². The number of ether oxygens (including phenoxy) is 4. The summed E-state index contributed by atoms with van der Waals surface area (Å²) in [5.74, 6) is -0.689. The van der Waals surface area contributed by atoms with E-state index in [4.69, 9.17) is 18.9 Å². The van der Waals surface area contributed by atoms with Crippen molar-refractivity contribution in [1.82, 2.24) is 10.7 Å². The van der Waals surface area contributed by atoms with Gasteiger partial charge in [0.05, 0.1) is 32.2 Å². The molecule has 11 heteroatoms. The Labute approximate surface area is 202 Å². The predicted octanol–water partition coefficient (Wildman–Crippen LogP) is 1.47. The van der Waals surface area contributed by atoms with Gasteiger partial charge in [0, 0.05) is 19.2 Å². The Kier molecular flexibility index (Phi) is 9.43. The average Bonchev–Trinajstić information content (AvgIpc) is 3.41. The minimum Gasteiger partial charge on any atom is -0.497 e. The van der Waals surface area contributed by atoms with Gasteiger partial charge in [-0.3, -0.25) is 14.4 Å². The van der Waals surface area contributed by atoms with Gasteiger partial charge in [-0.1, -0.05) is 0 Å². The molecule has 186 valence electrons. The van der Waals surface area contributed by atoms with Crippen LogP contribution in [0.5, 0.6) is 17.2 Å². The van der Waals surface area contributed by atoms with E-state index in [1.54, 1.807) is 42.5 Å². The van der Waals surface area contributed by atoms with Crippen LogP contribution in [-0.2, 0) is 19.1 Å². The van der Waals surface area contributed by atoms with Crippen molar-refractivity contribution < 1.29 is 33.3 Å². The highest BCUT2D eigenvalue weighted by Gasteiger charge is 2.17. The molecule has 0 spiro atoms. The second-order valence-corrected chi connectivity index (χ2v) is 7.52. The van der Waals surface area contributed by atoms with Crippen LogP contribution in [0.3, 0.4) is 0 Å². The summed E-state index contributed by atoms with van der Waals surface area (Å²) in [6, 6.07) is 11.5. The molecule has 1 aliphatic heterocycles. The monoisotopic (exact) mass is 484 g/mol. The first-order valence-corrected chi connectivity index (χ1v) is 11.0. The Bertz CT molecular complexity index is 1050. The van der Waals surface area contributed by atoms with Gasteiger partial charge in [-0.2, -0.15) is 5.10 Å². The molecule has 1 saturated heterocycles. The number of nitrogens with zero attached hydrogens (tertiary/aromatic N) is 1. The molecule has 3 amide bonds. The van der Waals surface area contributed by atoms with Gasteiger partial charge in [0.25, 0.3) is 5.91 Å². The second kappa shape index (κ2) is 12.9. The standard InChI is InChI=1S/C24H28N4O7/c1-32-18-9-10-20(21(12-18)33-2)27-23(30)24(31)28-26-13-16-5-7-17(8-6-16)35-15-22(29)25-14-19-4-3-11-34-19/h5-10,12-13,19H,3-4,11,14-15H2,1-2H3,(H,25,29)(H,27,30)(H,28,31)/b26-13-/t19-/m1/s1. The number of hydrogen-bond donors (Lipinski definition) is 3. The summed E-state index contributed by atoms with van der Waals surface area (Å²) in [7, 11) is 2.94. The Morgan fingerprint density at radius 2 is 1.83 bits per heavy atom. The molecule has 0 aliphatic carbocycles. The quantitative estimate of drug-likeness (QED) is 0.264. The number of methoxy groups -OCH3 is 2. The number of carbonyl (C=O) groups is 3. The van der Waals surface area contributed by atoms with Gasteiger partial charge in [0.2, 0.25) is 0 Å². The third-order valence-corrected chi connectivity index (χ3v) is 5.04. The molecule has 0 bridgehead atoms. The Hall–Kier alpha value is -4.12. The van der Waals surface area contributed by atoms with Gasteiger partial charge in [-0.25, -0.2) is 5.43 Å². The lowest BCUT2D eigenvalue weighted by Crippen LogP contribution is -2.35. The zero-order valence-electron chi connectivity index (χ0n) is 19.5. The zero-order chi connectivity index (χ0) is 25.0. The number of carbonyl (C=O) groups excluding carboxylic acids is 3. The third-order valence-electron chi connectivity index (χ3n) is 5.04. The molecule has 2 aromatic carbocycles. The van der Waals surface area contributed by atoms with E-state index >= 15 is 0 Å². The van der Waals surface area contributed by atoms with Crippen molar-refractivity contribution in [2.45, 2.75) is 18.9 Å². The van der Waals surface area contributed by atoms with Gasteiger partial charge < -0.3 is 29.6 Å². The van der Waals surface area contributed by atoms with Crippen LogP contribution in [0.2, 0.25) is 0 Å². The predicted molar refractivity (Wildman–Crippen MR) is 128 cm³/mol. The highest BCUT2D eigenvalue weighted by molar-refractivity contribution is 6.39. The molecule has 11 nitrogen and oxygen atoms in total. The maximum Gasteiger partial charge on any atom is 0.329 e. The summed E-state index contributed by atoms with van der Waals surface area (Å²) in [4.78, 5) is 36.0. The first-order chi connectivity index (χ1) is 17.0. The molecule has 0 aromatic heterocycles. The third kappa shape index (κ3) is 8.00. The van der Waals surface area contributed by atoms with Crippen molar-refractivity contribution in [2.24, 2.45) is 5.10 Å². The minimum atomic E-state index is -0.951. The van der Waals surface area contributed by atoms with Crippen molar-refractivity contribution in [1.29, 1.82) is 0 Å². The first kappa shape index (κ1) is 25.5. The average molecular weight is 485 g/mol. The number of anilines is 1. The van der Waals surface area contributed by atoms with E-state index in [1.807, 2.05) is 0 Å². The number of nitrogens with one attached hydrogen (secondary N) is 3. The van der Waals surface area contributed by atoms with Crippen molar-refractivity contribution in [2.75, 3.05) is 39.3 Å². The van der Waals surface area contributed by atoms with Crippen LogP contribution in [-0.4, -0.2) is 64.0 Å². The molecule has 0 radical (unpaired) electrons. The summed E-state index contributed by atoms with van der Waals surface area (Å²) >= 11 is 0. The van der Waals surface area contributed by atoms with Gasteiger partial charge in [-0.05, 0) is 54.8 Å². The summed E-state index contributed by atoms with van der Waals surface area (Å²) in [5, 5.41) is 9.03. The lowest BCUT2D eigenvalue weighted by molar-refractivity contribution is -0.136. The molecule has 35 heavy (non-hydrogen) atoms. The van der Waals surface area contributed by atoms with Crippen molar-refractivity contribution in [3.8, 4) is 17.2 Å². The number of hydrogen-bond acceptors (Lipinski definition) is 8. The molecule has 3 N–H and O–H groups in total. The molecule has 0 unspecified atom stereocenters. The molecule has 1 aliphatic rings. The Balaban J connectivity index is 1.41. The van der Waals surface area contributed by atoms with E-state index in [0.29, 0.717) is 35.0 Å². The van der Waals surface area contributed by atoms with E-state index in [9.17, 15) is 14.4 Å². The lowest BCUT2D eigenvalue weighted by atomic mass is 10.2. The highest BCUT2D eigenvalue weighted by Crippen LogP contribution is 2.28. The van der Waals surface area contributed by atoms with Crippen molar-refractivity contribution in [3.63, 3.8) is 0 Å². The zero-order valence-corrected chi connectivity index (χ0v) is 19.5. The number of amides is 3. The van der Waals surface area contributed by atoms with Crippen LogP contribution in [0.4, 0.5) is 5.69 Å². The van der Waals surface area contributed by atoms with Gasteiger partial charge >= 0.3 is 11.8 Å². The van der Waals surface area contributed by atoms with Crippen LogP contribution >= 0.6 is 0 Å². The fourth-order valence-electron chi connectivity index (χ4n) is 3.18. The molecule has 0 saturated carbocycles. The SMILES string of the molecule is COc1ccc(NC(=O)C(=O)N/N=C\c2ccc(OCC(=O)NC[C@H]3CCCO3)cc2)c(OC)c1. The molecule has 3 rings (SSSR count). The van der Waals surface area contributed by atoms with Gasteiger partial charge in [-0.15, -0.1) is 0 Å². The lowest BCUT2D eigenvalue weighted by Gasteiger charge is -2.11. The van der Waals surface area contributed by atoms with Crippen LogP contribution < -0.4 is 30.3 Å². The summed E-state index contributed by atoms with van der Waals surface area (Å²) in [6.07, 6.45) is 3.42. The summed E-state index contributed by atoms with van der Waals surface area (Å²) in [6.45, 7) is 1.11. The highest BCUT2D eigenvalue weighted by atomic mass is 16.5. The normalized spacial score (nSPS) is 14.9. The molecular formula is C24H28N4O7. The molecule has 2 aromatic rings. The van der Waals surface area contributed by atoms with E-state index in [2.05, 4.69) is 21.2 Å². The molecule has 1 fully saturated rings. The van der Waals surface area contributed by atoms with E-state index in [-0.39, 0.29) is 18.6 Å².